The van der Waals surface area contributed by atoms with Gasteiger partial charge in [0.1, 0.15) is 12.1 Å². The van der Waals surface area contributed by atoms with Gasteiger partial charge >= 0.3 is 0 Å². The number of halogens is 2. The van der Waals surface area contributed by atoms with Crippen LogP contribution in [0.4, 0.5) is 25.4 Å². The fourth-order valence-corrected chi connectivity index (χ4v) is 4.48. The first kappa shape index (κ1) is 29.1. The zero-order valence-electron chi connectivity index (χ0n) is 22.3. The van der Waals surface area contributed by atoms with Gasteiger partial charge in [-0.3, -0.25) is 4.79 Å². The molecule has 40 heavy (non-hydrogen) atoms. The molecule has 0 radical (unpaired) electrons. The number of anilines is 3. The van der Waals surface area contributed by atoms with Crippen LogP contribution in [0.5, 0.6) is 11.5 Å². The molecule has 0 fully saturated rings. The highest BCUT2D eigenvalue weighted by atomic mass is 32.1. The second-order valence-electron chi connectivity index (χ2n) is 9.50. The number of amides is 1. The molecule has 4 aromatic rings. The average Bonchev–Trinajstić information content (AvgIpc) is 3.37. The van der Waals surface area contributed by atoms with Gasteiger partial charge in [-0.25, -0.2) is 23.7 Å². The van der Waals surface area contributed by atoms with Gasteiger partial charge < -0.3 is 30.5 Å². The minimum absolute atomic E-state index is 0.0395. The lowest BCUT2D eigenvalue weighted by molar-refractivity contribution is -0.115. The van der Waals surface area contributed by atoms with Crippen molar-refractivity contribution in [3.8, 4) is 11.5 Å². The van der Waals surface area contributed by atoms with E-state index in [4.69, 9.17) is 9.47 Å². The standard InChI is InChI=1S/C27H30F2N6O4S/c1-27(2,14-36)33-8-5-9-39-22-12-20-17(11-21(22)38-3)25(32-15-31-20)35-26-30-13-16(40-26)10-23(37)34-19-7-4-6-18(28)24(19)29/h4,6-7,11-13,15,33,36H,5,8-10,14H2,1-3H3,(H,34,37)(H,30,31,32,35). The third kappa shape index (κ3) is 7.37. The van der Waals surface area contributed by atoms with Gasteiger partial charge in [-0.05, 0) is 45.0 Å². The van der Waals surface area contributed by atoms with Crippen molar-refractivity contribution < 1.29 is 28.2 Å². The Labute approximate surface area is 233 Å². The number of aliphatic hydroxyl groups is 1. The first-order valence-corrected chi connectivity index (χ1v) is 13.3. The lowest BCUT2D eigenvalue weighted by atomic mass is 10.1. The summed E-state index contributed by atoms with van der Waals surface area (Å²) in [5.41, 5.74) is 0.0504. The Morgan fingerprint density at radius 2 is 1.98 bits per heavy atom. The van der Waals surface area contributed by atoms with Crippen LogP contribution in [0.15, 0.2) is 42.9 Å². The Morgan fingerprint density at radius 3 is 2.75 bits per heavy atom. The van der Waals surface area contributed by atoms with Gasteiger partial charge in [0.2, 0.25) is 5.91 Å². The number of hydrogen-bond acceptors (Lipinski definition) is 10. The van der Waals surface area contributed by atoms with Crippen molar-refractivity contribution in [2.24, 2.45) is 0 Å². The van der Waals surface area contributed by atoms with Gasteiger partial charge in [0.25, 0.3) is 0 Å². The van der Waals surface area contributed by atoms with Crippen LogP contribution < -0.4 is 25.4 Å². The Balaban J connectivity index is 1.41. The lowest BCUT2D eigenvalue weighted by Gasteiger charge is -2.23. The number of carbonyl (C=O) groups is 1. The summed E-state index contributed by atoms with van der Waals surface area (Å²) in [5, 5.41) is 19.3. The van der Waals surface area contributed by atoms with E-state index in [2.05, 4.69) is 30.9 Å². The third-order valence-corrected chi connectivity index (χ3v) is 6.75. The lowest BCUT2D eigenvalue weighted by Crippen LogP contribution is -2.43. The van der Waals surface area contributed by atoms with E-state index < -0.39 is 17.5 Å². The van der Waals surface area contributed by atoms with Gasteiger partial charge in [-0.15, -0.1) is 11.3 Å². The number of benzene rings is 2. The molecule has 0 spiro atoms. The Bertz CT molecular complexity index is 1480. The highest BCUT2D eigenvalue weighted by Crippen LogP contribution is 2.35. The number of ether oxygens (including phenoxy) is 2. The summed E-state index contributed by atoms with van der Waals surface area (Å²) >= 11 is 1.23. The van der Waals surface area contributed by atoms with Crippen molar-refractivity contribution in [2.75, 3.05) is 37.5 Å². The number of nitrogens with zero attached hydrogens (tertiary/aromatic N) is 3. The monoisotopic (exact) mass is 572 g/mol. The number of rotatable bonds is 13. The second-order valence-corrected chi connectivity index (χ2v) is 10.6. The number of aromatic nitrogens is 3. The fraction of sp³-hybridized carbons (Fsp3) is 0.333. The average molecular weight is 573 g/mol. The highest BCUT2D eigenvalue weighted by molar-refractivity contribution is 7.15. The summed E-state index contributed by atoms with van der Waals surface area (Å²) in [6, 6.07) is 7.13. The van der Waals surface area contributed by atoms with Gasteiger partial charge in [0.15, 0.2) is 28.3 Å². The second kappa shape index (κ2) is 12.9. The van der Waals surface area contributed by atoms with E-state index in [0.29, 0.717) is 51.4 Å². The van der Waals surface area contributed by atoms with Crippen LogP contribution in [0.2, 0.25) is 0 Å². The number of aliphatic hydroxyl groups excluding tert-OH is 1. The Kier molecular flexibility index (Phi) is 9.40. The number of nitrogens with one attached hydrogen (secondary N) is 3. The van der Waals surface area contributed by atoms with Crippen LogP contribution >= 0.6 is 11.3 Å². The molecule has 0 aliphatic rings. The molecule has 2 aromatic carbocycles. The molecule has 0 aliphatic carbocycles. The van der Waals surface area contributed by atoms with Crippen LogP contribution in [0.1, 0.15) is 25.1 Å². The number of thiazole rings is 1. The smallest absolute Gasteiger partial charge is 0.229 e. The molecule has 1 amide bonds. The molecule has 10 nitrogen and oxygen atoms in total. The van der Waals surface area contributed by atoms with E-state index in [0.717, 1.165) is 12.5 Å². The number of fused-ring (bicyclic) bond motifs is 1. The van der Waals surface area contributed by atoms with E-state index in [9.17, 15) is 18.7 Å². The van der Waals surface area contributed by atoms with Gasteiger partial charge in [-0.1, -0.05) is 6.07 Å². The molecule has 0 aliphatic heterocycles. The maximum Gasteiger partial charge on any atom is 0.229 e. The van der Waals surface area contributed by atoms with E-state index in [-0.39, 0.29) is 24.3 Å². The van der Waals surface area contributed by atoms with Crippen LogP contribution in [-0.4, -0.2) is 58.4 Å². The van der Waals surface area contributed by atoms with Crippen LogP contribution in [0.3, 0.4) is 0 Å². The van der Waals surface area contributed by atoms with Crippen LogP contribution in [0, 0.1) is 11.6 Å². The highest BCUT2D eigenvalue weighted by Gasteiger charge is 2.16. The van der Waals surface area contributed by atoms with Gasteiger partial charge in [-0.2, -0.15) is 0 Å². The Morgan fingerprint density at radius 1 is 1.15 bits per heavy atom. The summed E-state index contributed by atoms with van der Waals surface area (Å²) in [4.78, 5) is 26.0. The number of carbonyl (C=O) groups excluding carboxylic acids is 1. The molecular weight excluding hydrogens is 542 g/mol. The van der Waals surface area contributed by atoms with Gasteiger partial charge in [0.05, 0.1) is 37.9 Å². The van der Waals surface area contributed by atoms with E-state index in [1.54, 1.807) is 19.2 Å². The van der Waals surface area contributed by atoms with Crippen molar-refractivity contribution in [3.05, 3.63) is 59.4 Å². The van der Waals surface area contributed by atoms with Crippen molar-refractivity contribution in [1.29, 1.82) is 0 Å². The molecule has 2 heterocycles. The molecule has 0 atom stereocenters. The summed E-state index contributed by atoms with van der Waals surface area (Å²) in [5.74, 6) is -1.12. The molecule has 0 unspecified atom stereocenters. The van der Waals surface area contributed by atoms with Crippen LogP contribution in [0.25, 0.3) is 10.9 Å². The Hall–Kier alpha value is -3.94. The van der Waals surface area contributed by atoms with Crippen molar-refractivity contribution >= 4 is 44.8 Å². The molecule has 212 valence electrons. The zero-order chi connectivity index (χ0) is 28.7. The zero-order valence-corrected chi connectivity index (χ0v) is 23.1. The SMILES string of the molecule is COc1cc2c(Nc3ncc(CC(=O)Nc4cccc(F)c4F)s3)ncnc2cc1OCCCNC(C)(C)CO. The minimum Gasteiger partial charge on any atom is -0.493 e. The third-order valence-electron chi connectivity index (χ3n) is 5.84. The first-order valence-electron chi connectivity index (χ1n) is 12.5. The molecule has 4 rings (SSSR count). The van der Waals surface area contributed by atoms with Crippen LogP contribution in [-0.2, 0) is 11.2 Å². The predicted octanol–water partition coefficient (Wildman–Crippen LogP) is 4.43. The molecule has 13 heteroatoms. The number of hydrogen-bond donors (Lipinski definition) is 4. The summed E-state index contributed by atoms with van der Waals surface area (Å²) in [6.45, 7) is 5.00. The molecule has 2 aromatic heterocycles. The maximum atomic E-state index is 13.8. The van der Waals surface area contributed by atoms with E-state index >= 15 is 0 Å². The topological polar surface area (TPSA) is 131 Å². The van der Waals surface area contributed by atoms with Crippen molar-refractivity contribution in [2.45, 2.75) is 32.2 Å². The summed E-state index contributed by atoms with van der Waals surface area (Å²) < 4.78 is 38.7. The summed E-state index contributed by atoms with van der Waals surface area (Å²) in [6.07, 6.45) is 3.60. The normalized spacial score (nSPS) is 11.4. The minimum atomic E-state index is -1.11. The van der Waals surface area contributed by atoms with Gasteiger partial charge in [0, 0.05) is 28.1 Å². The maximum absolute atomic E-state index is 13.8. The molecule has 0 saturated carbocycles. The molecule has 0 saturated heterocycles. The fourth-order valence-electron chi connectivity index (χ4n) is 3.67. The van der Waals surface area contributed by atoms with E-state index in [1.165, 1.54) is 36.0 Å². The van der Waals surface area contributed by atoms with Crippen molar-refractivity contribution in [3.63, 3.8) is 0 Å². The first-order chi connectivity index (χ1) is 19.2. The predicted molar refractivity (Wildman–Crippen MR) is 149 cm³/mol. The molecule has 0 bridgehead atoms. The summed E-state index contributed by atoms with van der Waals surface area (Å²) in [7, 11) is 1.55. The van der Waals surface area contributed by atoms with Crippen molar-refractivity contribution in [1.82, 2.24) is 20.3 Å². The molecule has 4 N–H and O–H groups in total. The van der Waals surface area contributed by atoms with E-state index in [1.807, 2.05) is 13.8 Å². The largest absolute Gasteiger partial charge is 0.493 e. The molecular formula is C27H30F2N6O4S. The quantitative estimate of drug-likeness (QED) is 0.172. The number of methoxy groups -OCH3 is 1.